The number of methoxy groups -OCH3 is 1. The highest BCUT2D eigenvalue weighted by molar-refractivity contribution is 5.75. The van der Waals surface area contributed by atoms with Gasteiger partial charge < -0.3 is 15.2 Å². The van der Waals surface area contributed by atoms with Crippen molar-refractivity contribution in [2.75, 3.05) is 7.11 Å². The zero-order valence-corrected chi connectivity index (χ0v) is 10.5. The zero-order chi connectivity index (χ0) is 13.5. The number of hydrogen-bond acceptors (Lipinski definition) is 5. The van der Waals surface area contributed by atoms with Crippen molar-refractivity contribution < 1.29 is 19.1 Å². The monoisotopic (exact) mass is 251 g/mol. The van der Waals surface area contributed by atoms with Crippen molar-refractivity contribution in [2.24, 2.45) is 5.73 Å². The van der Waals surface area contributed by atoms with Crippen LogP contribution in [0.4, 0.5) is 0 Å². The summed E-state index contributed by atoms with van der Waals surface area (Å²) in [5.74, 6) is -0.247. The molecule has 0 fully saturated rings. The first-order valence-corrected chi connectivity index (χ1v) is 5.69. The molecule has 0 aliphatic carbocycles. The number of carbonyl (C=O) groups excluding carboxylic acids is 2. The van der Waals surface area contributed by atoms with Gasteiger partial charge in [0.05, 0.1) is 7.11 Å². The van der Waals surface area contributed by atoms with Gasteiger partial charge in [-0.1, -0.05) is 19.1 Å². The molecule has 0 bridgehead atoms. The molecule has 1 aromatic carbocycles. The van der Waals surface area contributed by atoms with Gasteiger partial charge in [0.2, 0.25) is 0 Å². The summed E-state index contributed by atoms with van der Waals surface area (Å²) in [4.78, 5) is 22.2. The van der Waals surface area contributed by atoms with E-state index in [9.17, 15) is 9.59 Å². The molecule has 0 spiro atoms. The van der Waals surface area contributed by atoms with Crippen LogP contribution in [0.15, 0.2) is 24.3 Å². The Labute approximate surface area is 106 Å². The number of rotatable bonds is 5. The van der Waals surface area contributed by atoms with Gasteiger partial charge in [0.25, 0.3) is 0 Å². The Morgan fingerprint density at radius 1 is 1.28 bits per heavy atom. The second-order valence-electron chi connectivity index (χ2n) is 3.81. The van der Waals surface area contributed by atoms with Crippen molar-refractivity contribution in [3.05, 3.63) is 29.8 Å². The molecule has 5 heteroatoms. The first kappa shape index (κ1) is 14.2. The minimum Gasteiger partial charge on any atom is -0.468 e. The maximum atomic E-state index is 11.2. The molecule has 0 aromatic heterocycles. The quantitative estimate of drug-likeness (QED) is 0.625. The van der Waals surface area contributed by atoms with Crippen LogP contribution in [0, 0.1) is 0 Å². The maximum Gasteiger partial charge on any atom is 0.322 e. The molecule has 18 heavy (non-hydrogen) atoms. The molecule has 0 amide bonds. The Kier molecular flexibility index (Phi) is 5.32. The number of esters is 2. The molecule has 0 heterocycles. The van der Waals surface area contributed by atoms with Gasteiger partial charge in [-0.2, -0.15) is 0 Å². The molecule has 0 radical (unpaired) electrons. The van der Waals surface area contributed by atoms with E-state index in [2.05, 4.69) is 4.74 Å². The first-order chi connectivity index (χ1) is 8.56. The van der Waals surface area contributed by atoms with Crippen LogP contribution < -0.4 is 10.5 Å². The van der Waals surface area contributed by atoms with Gasteiger partial charge in [-0.05, 0) is 24.1 Å². The molecular formula is C13H17NO4. The molecule has 2 N–H and O–H groups in total. The van der Waals surface area contributed by atoms with Crippen molar-refractivity contribution in [1.29, 1.82) is 0 Å². The standard InChI is InChI=1S/C13H17NO4/c1-3-12(15)18-10-6-4-9(5-7-10)8-11(14)13(16)17-2/h4-7,11H,3,8,14H2,1-2H3. The molecule has 1 atom stereocenters. The Morgan fingerprint density at radius 3 is 2.39 bits per heavy atom. The molecular weight excluding hydrogens is 234 g/mol. The molecule has 98 valence electrons. The lowest BCUT2D eigenvalue weighted by atomic mass is 10.1. The molecule has 0 aliphatic rings. The summed E-state index contributed by atoms with van der Waals surface area (Å²) in [5.41, 5.74) is 6.52. The number of nitrogens with two attached hydrogens (primary N) is 1. The number of carbonyl (C=O) groups is 2. The van der Waals surface area contributed by atoms with E-state index < -0.39 is 12.0 Å². The molecule has 0 aliphatic heterocycles. The molecule has 1 rings (SSSR count). The number of benzene rings is 1. The van der Waals surface area contributed by atoms with E-state index in [1.165, 1.54) is 7.11 Å². The summed E-state index contributed by atoms with van der Waals surface area (Å²) < 4.78 is 9.57. The number of ether oxygens (including phenoxy) is 2. The third-order valence-corrected chi connectivity index (χ3v) is 2.40. The van der Waals surface area contributed by atoms with Crippen LogP contribution in [0.25, 0.3) is 0 Å². The fourth-order valence-corrected chi connectivity index (χ4v) is 1.39. The Hall–Kier alpha value is -1.88. The van der Waals surface area contributed by atoms with Gasteiger partial charge in [0.1, 0.15) is 11.8 Å². The van der Waals surface area contributed by atoms with Crippen LogP contribution in [0.1, 0.15) is 18.9 Å². The van der Waals surface area contributed by atoms with Crippen LogP contribution in [0.2, 0.25) is 0 Å². The van der Waals surface area contributed by atoms with E-state index in [1.807, 2.05) is 0 Å². The highest BCUT2D eigenvalue weighted by Gasteiger charge is 2.14. The van der Waals surface area contributed by atoms with Crippen molar-refractivity contribution in [1.82, 2.24) is 0 Å². The van der Waals surface area contributed by atoms with E-state index in [4.69, 9.17) is 10.5 Å². The molecule has 5 nitrogen and oxygen atoms in total. The van der Waals surface area contributed by atoms with Crippen molar-refractivity contribution in [2.45, 2.75) is 25.8 Å². The highest BCUT2D eigenvalue weighted by Crippen LogP contribution is 2.14. The lowest BCUT2D eigenvalue weighted by Gasteiger charge is -2.09. The third kappa shape index (κ3) is 4.18. The fourth-order valence-electron chi connectivity index (χ4n) is 1.39. The van der Waals surface area contributed by atoms with Crippen LogP contribution >= 0.6 is 0 Å². The predicted octanol–water partition coefficient (Wildman–Crippen LogP) is 1.04. The summed E-state index contributed by atoms with van der Waals surface area (Å²) in [7, 11) is 1.30. The average Bonchev–Trinajstić information content (AvgIpc) is 2.39. The smallest absolute Gasteiger partial charge is 0.322 e. The van der Waals surface area contributed by atoms with Crippen LogP contribution in [-0.4, -0.2) is 25.1 Å². The Bertz CT molecular complexity index is 414. The normalized spacial score (nSPS) is 11.7. The van der Waals surface area contributed by atoms with Crippen molar-refractivity contribution in [3.63, 3.8) is 0 Å². The summed E-state index contributed by atoms with van der Waals surface area (Å²) in [5, 5.41) is 0. The van der Waals surface area contributed by atoms with Gasteiger partial charge in [0, 0.05) is 6.42 Å². The Balaban J connectivity index is 2.60. The predicted molar refractivity (Wildman–Crippen MR) is 66.1 cm³/mol. The van der Waals surface area contributed by atoms with E-state index in [0.29, 0.717) is 18.6 Å². The van der Waals surface area contributed by atoms with Crippen molar-refractivity contribution in [3.8, 4) is 5.75 Å². The minimum absolute atomic E-state index is 0.283. The summed E-state index contributed by atoms with van der Waals surface area (Å²) in [6.07, 6.45) is 0.712. The SMILES string of the molecule is CCC(=O)Oc1ccc(CC(N)C(=O)OC)cc1. The minimum atomic E-state index is -0.681. The van der Waals surface area contributed by atoms with E-state index in [0.717, 1.165) is 5.56 Å². The number of hydrogen-bond donors (Lipinski definition) is 1. The van der Waals surface area contributed by atoms with Crippen LogP contribution in [0.3, 0.4) is 0 Å². The summed E-state index contributed by atoms with van der Waals surface area (Å²) >= 11 is 0. The fraction of sp³-hybridized carbons (Fsp3) is 0.385. The van der Waals surface area contributed by atoms with Crippen LogP contribution in [0.5, 0.6) is 5.75 Å². The zero-order valence-electron chi connectivity index (χ0n) is 10.5. The van der Waals surface area contributed by atoms with Gasteiger partial charge in [-0.25, -0.2) is 0 Å². The van der Waals surface area contributed by atoms with E-state index in [1.54, 1.807) is 31.2 Å². The Morgan fingerprint density at radius 2 is 1.89 bits per heavy atom. The van der Waals surface area contributed by atoms with Crippen molar-refractivity contribution >= 4 is 11.9 Å². The van der Waals surface area contributed by atoms with Gasteiger partial charge in [-0.3, -0.25) is 9.59 Å². The maximum absolute atomic E-state index is 11.2. The van der Waals surface area contributed by atoms with Gasteiger partial charge >= 0.3 is 11.9 Å². The molecule has 0 saturated heterocycles. The molecule has 1 aromatic rings. The average molecular weight is 251 g/mol. The van der Waals surface area contributed by atoms with Gasteiger partial charge in [0.15, 0.2) is 0 Å². The van der Waals surface area contributed by atoms with Gasteiger partial charge in [-0.15, -0.1) is 0 Å². The van der Waals surface area contributed by atoms with E-state index >= 15 is 0 Å². The second-order valence-corrected chi connectivity index (χ2v) is 3.81. The molecule has 1 unspecified atom stereocenters. The highest BCUT2D eigenvalue weighted by atomic mass is 16.5. The largest absolute Gasteiger partial charge is 0.468 e. The summed E-state index contributed by atoms with van der Waals surface area (Å²) in [6, 6.07) is 6.20. The first-order valence-electron chi connectivity index (χ1n) is 5.69. The topological polar surface area (TPSA) is 78.6 Å². The second kappa shape index (κ2) is 6.76. The summed E-state index contributed by atoms with van der Waals surface area (Å²) in [6.45, 7) is 1.73. The lowest BCUT2D eigenvalue weighted by Crippen LogP contribution is -2.33. The third-order valence-electron chi connectivity index (χ3n) is 2.40. The molecule has 0 saturated carbocycles. The lowest BCUT2D eigenvalue weighted by molar-refractivity contribution is -0.142. The van der Waals surface area contributed by atoms with Crippen LogP contribution in [-0.2, 0) is 20.7 Å². The van der Waals surface area contributed by atoms with E-state index in [-0.39, 0.29) is 5.97 Å².